The van der Waals surface area contributed by atoms with E-state index in [0.717, 1.165) is 56.4 Å². The number of rotatable bonds is 10. The summed E-state index contributed by atoms with van der Waals surface area (Å²) in [6.07, 6.45) is 2.21. The molecule has 0 saturated heterocycles. The molecule has 1 N–H and O–H groups in total. The number of esters is 1. The molecule has 1 amide bonds. The molecule has 1 aromatic rings. The molecule has 0 radical (unpaired) electrons. The maximum Gasteiger partial charge on any atom is 0.416 e. The van der Waals surface area contributed by atoms with E-state index in [1.807, 2.05) is 0 Å². The topological polar surface area (TPSA) is 55.4 Å². The average molecular weight is 373 g/mol. The molecule has 0 spiro atoms. The second-order valence-electron chi connectivity index (χ2n) is 6.18. The highest BCUT2D eigenvalue weighted by Crippen LogP contribution is 2.29. The molecule has 0 unspecified atom stereocenters. The van der Waals surface area contributed by atoms with E-state index in [0.29, 0.717) is 6.42 Å². The van der Waals surface area contributed by atoms with E-state index in [-0.39, 0.29) is 5.56 Å². The molecule has 26 heavy (non-hydrogen) atoms. The number of hydrogen-bond donors (Lipinski definition) is 1. The Balaban J connectivity index is 2.60. The van der Waals surface area contributed by atoms with Crippen LogP contribution in [0.25, 0.3) is 0 Å². The molecule has 0 aliphatic rings. The third kappa shape index (κ3) is 7.45. The summed E-state index contributed by atoms with van der Waals surface area (Å²) in [5.74, 6) is -1.15. The number of amides is 1. The first-order valence-corrected chi connectivity index (χ1v) is 8.85. The highest BCUT2D eigenvalue weighted by Gasteiger charge is 2.30. The van der Waals surface area contributed by atoms with Gasteiger partial charge in [-0.15, -0.1) is 0 Å². The van der Waals surface area contributed by atoms with E-state index in [1.165, 1.54) is 13.5 Å². The van der Waals surface area contributed by atoms with Crippen molar-refractivity contribution in [2.24, 2.45) is 0 Å². The second-order valence-corrected chi connectivity index (χ2v) is 6.18. The highest BCUT2D eigenvalue weighted by atomic mass is 19.4. The number of alkyl halides is 3. The first kappa shape index (κ1) is 22.0. The Morgan fingerprint density at radius 3 is 2.15 bits per heavy atom. The molecule has 0 aliphatic carbocycles. The summed E-state index contributed by atoms with van der Waals surface area (Å²) < 4.78 is 42.4. The van der Waals surface area contributed by atoms with Gasteiger partial charge in [0.2, 0.25) is 0 Å². The fraction of sp³-hybridized carbons (Fsp3) is 0.579. The van der Waals surface area contributed by atoms with Crippen molar-refractivity contribution in [2.45, 2.75) is 64.1 Å². The van der Waals surface area contributed by atoms with Crippen molar-refractivity contribution in [3.05, 3.63) is 35.4 Å². The molecule has 0 heterocycles. The summed E-state index contributed by atoms with van der Waals surface area (Å²) in [5.41, 5.74) is -0.763. The quantitative estimate of drug-likeness (QED) is 0.477. The number of carbonyl (C=O) groups excluding carboxylic acids is 2. The average Bonchev–Trinajstić information content (AvgIpc) is 2.62. The summed E-state index contributed by atoms with van der Waals surface area (Å²) in [5, 5.41) is 2.55. The van der Waals surface area contributed by atoms with Gasteiger partial charge in [-0.05, 0) is 30.7 Å². The lowest BCUT2D eigenvalue weighted by Gasteiger charge is -2.17. The molecule has 0 saturated carbocycles. The Morgan fingerprint density at radius 2 is 1.62 bits per heavy atom. The minimum atomic E-state index is -4.46. The Labute approximate surface area is 152 Å². The molecule has 1 atom stereocenters. The summed E-state index contributed by atoms with van der Waals surface area (Å²) in [6.45, 7) is 2.13. The number of ether oxygens (including phenoxy) is 1. The van der Waals surface area contributed by atoms with Gasteiger partial charge < -0.3 is 10.1 Å². The van der Waals surface area contributed by atoms with E-state index < -0.39 is 29.7 Å². The van der Waals surface area contributed by atoms with E-state index in [9.17, 15) is 22.8 Å². The molecule has 0 bridgehead atoms. The van der Waals surface area contributed by atoms with Crippen LogP contribution in [0, 0.1) is 0 Å². The fourth-order valence-electron chi connectivity index (χ4n) is 2.57. The van der Waals surface area contributed by atoms with Crippen molar-refractivity contribution in [1.82, 2.24) is 5.32 Å². The number of nitrogens with one attached hydrogen (secondary N) is 1. The largest absolute Gasteiger partial charge is 0.467 e. The molecule has 0 aromatic heterocycles. The van der Waals surface area contributed by atoms with Gasteiger partial charge in [0.05, 0.1) is 12.7 Å². The Hall–Kier alpha value is -2.05. The molecule has 4 nitrogen and oxygen atoms in total. The molecule has 1 rings (SSSR count). The molecule has 0 fully saturated rings. The standard InChI is InChI=1S/C19H26F3NO3/c1-3-4-5-6-7-8-9-16(18(25)26-2)23-17(24)14-10-12-15(13-11-14)19(20,21)22/h10-13,16H,3-9H2,1-2H3,(H,23,24)/t16-/m0/s1. The lowest BCUT2D eigenvalue weighted by atomic mass is 10.0. The highest BCUT2D eigenvalue weighted by molar-refractivity contribution is 5.96. The predicted octanol–water partition coefficient (Wildman–Crippen LogP) is 4.73. The van der Waals surface area contributed by atoms with E-state index in [2.05, 4.69) is 12.2 Å². The van der Waals surface area contributed by atoms with Gasteiger partial charge in [-0.2, -0.15) is 13.2 Å². The number of benzene rings is 1. The molecule has 1 aromatic carbocycles. The van der Waals surface area contributed by atoms with E-state index in [4.69, 9.17) is 4.74 Å². The number of unbranched alkanes of at least 4 members (excludes halogenated alkanes) is 5. The third-order valence-corrected chi connectivity index (χ3v) is 4.11. The van der Waals surface area contributed by atoms with Crippen LogP contribution in [0.2, 0.25) is 0 Å². The Kier molecular flexibility index (Phi) is 9.16. The summed E-state index contributed by atoms with van der Waals surface area (Å²) in [6, 6.07) is 3.07. The number of hydrogen-bond acceptors (Lipinski definition) is 3. The van der Waals surface area contributed by atoms with Crippen molar-refractivity contribution in [2.75, 3.05) is 7.11 Å². The molecular formula is C19H26F3NO3. The van der Waals surface area contributed by atoms with Gasteiger partial charge in [0.15, 0.2) is 0 Å². The number of halogens is 3. The van der Waals surface area contributed by atoms with Gasteiger partial charge in [-0.25, -0.2) is 4.79 Å². The molecule has 7 heteroatoms. The zero-order valence-electron chi connectivity index (χ0n) is 15.2. The first-order chi connectivity index (χ1) is 12.3. The van der Waals surface area contributed by atoms with Gasteiger partial charge in [0.1, 0.15) is 6.04 Å². The predicted molar refractivity (Wildman–Crippen MR) is 92.7 cm³/mol. The van der Waals surface area contributed by atoms with Crippen LogP contribution < -0.4 is 5.32 Å². The maximum absolute atomic E-state index is 12.6. The van der Waals surface area contributed by atoms with Crippen LogP contribution in [-0.4, -0.2) is 25.0 Å². The van der Waals surface area contributed by atoms with Crippen molar-refractivity contribution in [3.8, 4) is 0 Å². The SMILES string of the molecule is CCCCCCCC[C@H](NC(=O)c1ccc(C(F)(F)F)cc1)C(=O)OC. The monoisotopic (exact) mass is 373 g/mol. The number of methoxy groups -OCH3 is 1. The summed E-state index contributed by atoms with van der Waals surface area (Å²) in [7, 11) is 1.24. The van der Waals surface area contributed by atoms with Gasteiger partial charge in [0, 0.05) is 5.56 Å². The van der Waals surface area contributed by atoms with Gasteiger partial charge in [-0.3, -0.25) is 4.79 Å². The smallest absolute Gasteiger partial charge is 0.416 e. The lowest BCUT2D eigenvalue weighted by molar-refractivity contribution is -0.143. The third-order valence-electron chi connectivity index (χ3n) is 4.11. The zero-order valence-corrected chi connectivity index (χ0v) is 15.2. The van der Waals surface area contributed by atoms with E-state index >= 15 is 0 Å². The van der Waals surface area contributed by atoms with Gasteiger partial charge in [0.25, 0.3) is 5.91 Å². The van der Waals surface area contributed by atoms with Crippen molar-refractivity contribution < 1.29 is 27.5 Å². The first-order valence-electron chi connectivity index (χ1n) is 8.85. The molecule has 0 aliphatic heterocycles. The normalized spacial score (nSPS) is 12.5. The van der Waals surface area contributed by atoms with Crippen LogP contribution in [0.4, 0.5) is 13.2 Å². The molecule has 146 valence electrons. The summed E-state index contributed by atoms with van der Waals surface area (Å²) >= 11 is 0. The fourth-order valence-corrected chi connectivity index (χ4v) is 2.57. The van der Waals surface area contributed by atoms with Crippen LogP contribution >= 0.6 is 0 Å². The maximum atomic E-state index is 12.6. The Morgan fingerprint density at radius 1 is 1.04 bits per heavy atom. The zero-order chi connectivity index (χ0) is 19.6. The number of carbonyl (C=O) groups is 2. The molecular weight excluding hydrogens is 347 g/mol. The second kappa shape index (κ2) is 10.8. The minimum absolute atomic E-state index is 0.0647. The van der Waals surface area contributed by atoms with Crippen molar-refractivity contribution >= 4 is 11.9 Å². The van der Waals surface area contributed by atoms with E-state index in [1.54, 1.807) is 0 Å². The van der Waals surface area contributed by atoms with Crippen LogP contribution in [-0.2, 0) is 15.7 Å². The van der Waals surface area contributed by atoms with Crippen LogP contribution in [0.3, 0.4) is 0 Å². The Bertz CT molecular complexity index is 570. The summed E-state index contributed by atoms with van der Waals surface area (Å²) in [4.78, 5) is 24.1. The van der Waals surface area contributed by atoms with Gasteiger partial charge in [-0.1, -0.05) is 45.4 Å². The van der Waals surface area contributed by atoms with Crippen molar-refractivity contribution in [1.29, 1.82) is 0 Å². The minimum Gasteiger partial charge on any atom is -0.467 e. The van der Waals surface area contributed by atoms with Crippen LogP contribution in [0.1, 0.15) is 67.8 Å². The van der Waals surface area contributed by atoms with Gasteiger partial charge >= 0.3 is 12.1 Å². The lowest BCUT2D eigenvalue weighted by Crippen LogP contribution is -2.41. The van der Waals surface area contributed by atoms with Crippen LogP contribution in [0.5, 0.6) is 0 Å². The van der Waals surface area contributed by atoms with Crippen LogP contribution in [0.15, 0.2) is 24.3 Å². The van der Waals surface area contributed by atoms with Crippen molar-refractivity contribution in [3.63, 3.8) is 0 Å².